The van der Waals surface area contributed by atoms with Crippen molar-refractivity contribution < 1.29 is 0 Å². The Morgan fingerprint density at radius 3 is 2.11 bits per heavy atom. The van der Waals surface area contributed by atoms with Crippen LogP contribution < -0.4 is 11.1 Å². The number of rotatable bonds is 2. The van der Waals surface area contributed by atoms with Crippen LogP contribution in [-0.4, -0.2) is 7.05 Å². The smallest absolute Gasteiger partial charge is 0.0237 e. The second-order valence-electron chi connectivity index (χ2n) is 1.36. The van der Waals surface area contributed by atoms with Crippen LogP contribution in [0.3, 0.4) is 0 Å². The third-order valence-corrected chi connectivity index (χ3v) is 0.738. The van der Waals surface area contributed by atoms with Gasteiger partial charge in [0.2, 0.25) is 0 Å². The summed E-state index contributed by atoms with van der Waals surface area (Å²) in [6.07, 6.45) is 2.71. The molecule has 0 amide bonds. The van der Waals surface area contributed by atoms with E-state index in [-0.39, 0.29) is 0 Å². The Labute approximate surface area is 58.1 Å². The normalized spacial score (nSPS) is 9.56. The third kappa shape index (κ3) is 11.1. The topological polar surface area (TPSA) is 38.0 Å². The van der Waals surface area contributed by atoms with E-state index in [1.807, 2.05) is 27.8 Å². The van der Waals surface area contributed by atoms with E-state index >= 15 is 0 Å². The van der Waals surface area contributed by atoms with Crippen molar-refractivity contribution in [2.45, 2.75) is 27.2 Å². The summed E-state index contributed by atoms with van der Waals surface area (Å²) in [5.41, 5.74) is 6.27. The van der Waals surface area contributed by atoms with Crippen LogP contribution >= 0.6 is 0 Å². The Bertz CT molecular complexity index is 67.3. The van der Waals surface area contributed by atoms with Gasteiger partial charge in [-0.25, -0.2) is 0 Å². The maximum atomic E-state index is 5.38. The number of allylic oxidation sites excluding steroid dienone is 1. The molecule has 0 rings (SSSR count). The molecule has 0 saturated carbocycles. The van der Waals surface area contributed by atoms with Gasteiger partial charge in [0, 0.05) is 18.9 Å². The Kier molecular flexibility index (Phi) is 12.9. The van der Waals surface area contributed by atoms with E-state index in [2.05, 4.69) is 5.32 Å². The predicted octanol–water partition coefficient (Wildman–Crippen LogP) is 1.44. The number of hydrogen-bond donors (Lipinski definition) is 2. The van der Waals surface area contributed by atoms with Gasteiger partial charge in [-0.3, -0.25) is 0 Å². The molecule has 9 heavy (non-hydrogen) atoms. The molecule has 3 N–H and O–H groups in total. The molecule has 0 fully saturated rings. The van der Waals surface area contributed by atoms with Crippen molar-refractivity contribution in [2.75, 3.05) is 7.05 Å². The Morgan fingerprint density at radius 2 is 2.00 bits per heavy atom. The predicted molar refractivity (Wildman–Crippen MR) is 43.0 cm³/mol. The minimum atomic E-state index is 0.891. The third-order valence-electron chi connectivity index (χ3n) is 0.738. The Morgan fingerprint density at radius 1 is 1.56 bits per heavy atom. The van der Waals surface area contributed by atoms with E-state index in [0.717, 1.165) is 12.1 Å². The van der Waals surface area contributed by atoms with Crippen LogP contribution in [0.4, 0.5) is 0 Å². The van der Waals surface area contributed by atoms with Gasteiger partial charge in [0.15, 0.2) is 0 Å². The lowest BCUT2D eigenvalue weighted by molar-refractivity contribution is 0.992. The van der Waals surface area contributed by atoms with Crippen molar-refractivity contribution in [3.05, 3.63) is 11.9 Å². The molecule has 0 heterocycles. The highest BCUT2D eigenvalue weighted by Crippen LogP contribution is 1.84. The fourth-order valence-electron chi connectivity index (χ4n) is 0.287. The van der Waals surface area contributed by atoms with Crippen molar-refractivity contribution >= 4 is 0 Å². The first kappa shape index (κ1) is 11.2. The Hall–Kier alpha value is -0.660. The zero-order valence-corrected chi connectivity index (χ0v) is 6.86. The van der Waals surface area contributed by atoms with Gasteiger partial charge in [0.05, 0.1) is 0 Å². The molecule has 0 radical (unpaired) electrons. The molecule has 0 aromatic carbocycles. The summed E-state index contributed by atoms with van der Waals surface area (Å²) < 4.78 is 0. The summed E-state index contributed by atoms with van der Waals surface area (Å²) in [5, 5.41) is 2.83. The van der Waals surface area contributed by atoms with Crippen molar-refractivity contribution in [3.8, 4) is 0 Å². The van der Waals surface area contributed by atoms with Crippen LogP contribution in [0.15, 0.2) is 11.9 Å². The van der Waals surface area contributed by atoms with Gasteiger partial charge in [0.1, 0.15) is 0 Å². The molecule has 0 bridgehead atoms. The van der Waals surface area contributed by atoms with E-state index in [1.54, 1.807) is 6.20 Å². The number of nitrogens with two attached hydrogens (primary N) is 1. The second-order valence-corrected chi connectivity index (χ2v) is 1.36. The average Bonchev–Trinajstić information content (AvgIpc) is 1.93. The standard InChI is InChI=1S/C5H12N2.C2H6/c1-3-5(6)4-7-2;1-2/h4,7H,3,6H2,1-2H3;1-2H3/b5-4+;. The van der Waals surface area contributed by atoms with Crippen LogP contribution in [0.5, 0.6) is 0 Å². The summed E-state index contributed by atoms with van der Waals surface area (Å²) in [5.74, 6) is 0. The van der Waals surface area contributed by atoms with Crippen LogP contribution in [-0.2, 0) is 0 Å². The molecular formula is C7H18N2. The van der Waals surface area contributed by atoms with Gasteiger partial charge >= 0.3 is 0 Å². The first-order valence-corrected chi connectivity index (χ1v) is 3.43. The maximum absolute atomic E-state index is 5.38. The van der Waals surface area contributed by atoms with Gasteiger partial charge in [0.25, 0.3) is 0 Å². The van der Waals surface area contributed by atoms with Crippen molar-refractivity contribution in [2.24, 2.45) is 5.73 Å². The zero-order chi connectivity index (χ0) is 7.70. The van der Waals surface area contributed by atoms with Crippen LogP contribution in [0, 0.1) is 0 Å². The number of hydrogen-bond acceptors (Lipinski definition) is 2. The highest BCUT2D eigenvalue weighted by atomic mass is 14.8. The van der Waals surface area contributed by atoms with Gasteiger partial charge < -0.3 is 11.1 Å². The van der Waals surface area contributed by atoms with Crippen molar-refractivity contribution in [1.82, 2.24) is 5.32 Å². The van der Waals surface area contributed by atoms with Crippen molar-refractivity contribution in [3.63, 3.8) is 0 Å². The summed E-state index contributed by atoms with van der Waals surface area (Å²) in [6.45, 7) is 6.02. The molecular weight excluding hydrogens is 112 g/mol. The SMILES string of the molecule is CC.CC/C(N)=C\NC. The van der Waals surface area contributed by atoms with E-state index in [9.17, 15) is 0 Å². The molecule has 0 saturated heterocycles. The van der Waals surface area contributed by atoms with Crippen molar-refractivity contribution in [1.29, 1.82) is 0 Å². The molecule has 0 atom stereocenters. The molecule has 0 spiro atoms. The summed E-state index contributed by atoms with van der Waals surface area (Å²) in [4.78, 5) is 0. The van der Waals surface area contributed by atoms with Gasteiger partial charge in [-0.05, 0) is 6.42 Å². The highest BCUT2D eigenvalue weighted by Gasteiger charge is 1.76. The molecule has 0 aliphatic heterocycles. The van der Waals surface area contributed by atoms with Crippen LogP contribution in [0.1, 0.15) is 27.2 Å². The minimum Gasteiger partial charge on any atom is -0.401 e. The monoisotopic (exact) mass is 130 g/mol. The van der Waals surface area contributed by atoms with E-state index in [0.29, 0.717) is 0 Å². The lowest BCUT2D eigenvalue weighted by Crippen LogP contribution is -2.02. The van der Waals surface area contributed by atoms with Gasteiger partial charge in [-0.2, -0.15) is 0 Å². The molecule has 0 unspecified atom stereocenters. The fourth-order valence-corrected chi connectivity index (χ4v) is 0.287. The lowest BCUT2D eigenvalue weighted by Gasteiger charge is -1.91. The maximum Gasteiger partial charge on any atom is 0.0237 e. The average molecular weight is 130 g/mol. The molecule has 56 valence electrons. The summed E-state index contributed by atoms with van der Waals surface area (Å²) in [7, 11) is 1.84. The molecule has 0 aliphatic rings. The molecule has 0 aromatic heterocycles. The lowest BCUT2D eigenvalue weighted by atomic mass is 10.4. The van der Waals surface area contributed by atoms with Gasteiger partial charge in [-0.15, -0.1) is 0 Å². The summed E-state index contributed by atoms with van der Waals surface area (Å²) >= 11 is 0. The first-order valence-electron chi connectivity index (χ1n) is 3.43. The van der Waals surface area contributed by atoms with E-state index in [1.165, 1.54) is 0 Å². The molecule has 0 aliphatic carbocycles. The molecule has 2 heteroatoms. The van der Waals surface area contributed by atoms with Crippen LogP contribution in [0.2, 0.25) is 0 Å². The van der Waals surface area contributed by atoms with Crippen LogP contribution in [0.25, 0.3) is 0 Å². The van der Waals surface area contributed by atoms with Gasteiger partial charge in [-0.1, -0.05) is 20.8 Å². The Balaban J connectivity index is 0. The zero-order valence-electron chi connectivity index (χ0n) is 6.86. The fraction of sp³-hybridized carbons (Fsp3) is 0.714. The van der Waals surface area contributed by atoms with E-state index < -0.39 is 0 Å². The molecule has 2 nitrogen and oxygen atoms in total. The number of nitrogens with one attached hydrogen (secondary N) is 1. The quantitative estimate of drug-likeness (QED) is 0.593. The summed E-state index contributed by atoms with van der Waals surface area (Å²) in [6, 6.07) is 0. The molecule has 0 aromatic rings. The largest absolute Gasteiger partial charge is 0.401 e. The first-order chi connectivity index (χ1) is 4.31. The second kappa shape index (κ2) is 10.3. The minimum absolute atomic E-state index is 0.891. The van der Waals surface area contributed by atoms with E-state index in [4.69, 9.17) is 5.73 Å². The highest BCUT2D eigenvalue weighted by molar-refractivity contribution is 4.91.